The maximum absolute atomic E-state index is 12.5. The molecule has 2 aliphatic rings. The van der Waals surface area contributed by atoms with Gasteiger partial charge in [0, 0.05) is 25.6 Å². The summed E-state index contributed by atoms with van der Waals surface area (Å²) < 4.78 is 10.9. The molecule has 21 heavy (non-hydrogen) atoms. The molecule has 0 N–H and O–H groups in total. The Labute approximate surface area is 125 Å². The average Bonchev–Trinajstić information content (AvgIpc) is 2.51. The molecule has 1 aromatic rings. The Hall–Kier alpha value is -1.81. The van der Waals surface area contributed by atoms with Crippen molar-refractivity contribution in [2.75, 3.05) is 27.3 Å². The third-order valence-corrected chi connectivity index (χ3v) is 4.53. The van der Waals surface area contributed by atoms with Crippen molar-refractivity contribution in [3.05, 3.63) is 35.4 Å². The Bertz CT molecular complexity index is 594. The highest BCUT2D eigenvalue weighted by molar-refractivity contribution is 6.02. The summed E-state index contributed by atoms with van der Waals surface area (Å²) in [5.74, 6) is 1.42. The van der Waals surface area contributed by atoms with Crippen molar-refractivity contribution in [2.24, 2.45) is 0 Å². The van der Waals surface area contributed by atoms with Crippen LogP contribution in [-0.2, 0) is 6.42 Å². The van der Waals surface area contributed by atoms with E-state index < -0.39 is 0 Å². The normalized spacial score (nSPS) is 20.9. The van der Waals surface area contributed by atoms with Gasteiger partial charge in [0.2, 0.25) is 0 Å². The molecule has 4 heteroatoms. The molecule has 1 heterocycles. The van der Waals surface area contributed by atoms with Crippen molar-refractivity contribution < 1.29 is 14.3 Å². The van der Waals surface area contributed by atoms with Crippen molar-refractivity contribution >= 4 is 5.78 Å². The molecule has 3 rings (SSSR count). The van der Waals surface area contributed by atoms with Crippen molar-refractivity contribution in [3.63, 3.8) is 0 Å². The van der Waals surface area contributed by atoms with Crippen LogP contribution in [0.5, 0.6) is 11.5 Å². The highest BCUT2D eigenvalue weighted by Gasteiger charge is 2.37. The third-order valence-electron chi connectivity index (χ3n) is 4.53. The molecular weight excluding hydrogens is 266 g/mol. The van der Waals surface area contributed by atoms with Crippen LogP contribution in [0.4, 0.5) is 0 Å². The summed E-state index contributed by atoms with van der Waals surface area (Å²) in [7, 11) is 3.22. The van der Waals surface area contributed by atoms with E-state index in [9.17, 15) is 4.79 Å². The molecule has 112 valence electrons. The smallest absolute Gasteiger partial charge is 0.171 e. The number of nitrogens with zero attached hydrogens (tertiary/aromatic N) is 1. The molecule has 4 nitrogen and oxygen atoms in total. The number of methoxy groups -OCH3 is 2. The minimum Gasteiger partial charge on any atom is -0.493 e. The van der Waals surface area contributed by atoms with E-state index in [1.165, 1.54) is 5.56 Å². The topological polar surface area (TPSA) is 38.8 Å². The maximum Gasteiger partial charge on any atom is 0.171 e. The van der Waals surface area contributed by atoms with Gasteiger partial charge in [0.05, 0.1) is 19.8 Å². The summed E-state index contributed by atoms with van der Waals surface area (Å²) in [6.07, 6.45) is 4.30. The zero-order chi connectivity index (χ0) is 15.0. The standard InChI is InChI=1S/C17H21NO3/c1-4-8-18-9-7-11-10-14(20-2)17(21-3)16-13(19)6-5-12(18)15(11)16/h4,10,12H,1,5-9H2,2-3H3. The first-order valence-electron chi connectivity index (χ1n) is 7.37. The van der Waals surface area contributed by atoms with E-state index in [1.54, 1.807) is 14.2 Å². The van der Waals surface area contributed by atoms with Crippen LogP contribution >= 0.6 is 0 Å². The van der Waals surface area contributed by atoms with Gasteiger partial charge in [-0.3, -0.25) is 9.69 Å². The van der Waals surface area contributed by atoms with Crippen LogP contribution in [0.15, 0.2) is 18.7 Å². The quantitative estimate of drug-likeness (QED) is 0.798. The molecule has 1 unspecified atom stereocenters. The summed E-state index contributed by atoms with van der Waals surface area (Å²) in [5, 5.41) is 0. The van der Waals surface area contributed by atoms with E-state index in [2.05, 4.69) is 11.5 Å². The van der Waals surface area contributed by atoms with Crippen LogP contribution in [0.3, 0.4) is 0 Å². The van der Waals surface area contributed by atoms with Crippen LogP contribution < -0.4 is 9.47 Å². The third kappa shape index (κ3) is 2.14. The van der Waals surface area contributed by atoms with E-state index in [4.69, 9.17) is 9.47 Å². The Balaban J connectivity index is 2.20. The monoisotopic (exact) mass is 287 g/mol. The van der Waals surface area contributed by atoms with Gasteiger partial charge in [-0.2, -0.15) is 0 Å². The van der Waals surface area contributed by atoms with Crippen LogP contribution in [-0.4, -0.2) is 38.0 Å². The van der Waals surface area contributed by atoms with Crippen molar-refractivity contribution in [1.29, 1.82) is 0 Å². The van der Waals surface area contributed by atoms with Crippen molar-refractivity contribution in [2.45, 2.75) is 25.3 Å². The highest BCUT2D eigenvalue weighted by atomic mass is 16.5. The number of hydrogen-bond donors (Lipinski definition) is 0. The van der Waals surface area contributed by atoms with Crippen LogP contribution in [0.1, 0.15) is 40.4 Å². The van der Waals surface area contributed by atoms with Gasteiger partial charge in [-0.1, -0.05) is 6.08 Å². The Morgan fingerprint density at radius 2 is 2.19 bits per heavy atom. The number of ether oxygens (including phenoxy) is 2. The second-order valence-corrected chi connectivity index (χ2v) is 5.57. The molecule has 1 aliphatic heterocycles. The summed E-state index contributed by atoms with van der Waals surface area (Å²) in [4.78, 5) is 14.9. The van der Waals surface area contributed by atoms with Gasteiger partial charge in [-0.25, -0.2) is 0 Å². The molecule has 0 saturated heterocycles. The van der Waals surface area contributed by atoms with Gasteiger partial charge in [0.1, 0.15) is 0 Å². The predicted octanol–water partition coefficient (Wildman–Crippen LogP) is 2.77. The lowest BCUT2D eigenvalue weighted by molar-refractivity contribution is 0.0922. The van der Waals surface area contributed by atoms with Crippen LogP contribution in [0.25, 0.3) is 0 Å². The molecule has 0 radical (unpaired) electrons. The fourth-order valence-electron chi connectivity index (χ4n) is 3.63. The van der Waals surface area contributed by atoms with E-state index in [0.29, 0.717) is 24.0 Å². The van der Waals surface area contributed by atoms with E-state index in [-0.39, 0.29) is 5.78 Å². The molecule has 0 bridgehead atoms. The molecule has 1 atom stereocenters. The predicted molar refractivity (Wildman–Crippen MR) is 81.3 cm³/mol. The summed E-state index contributed by atoms with van der Waals surface area (Å²) in [6, 6.07) is 2.33. The highest BCUT2D eigenvalue weighted by Crippen LogP contribution is 2.47. The molecular formula is C17H21NO3. The van der Waals surface area contributed by atoms with Gasteiger partial charge in [-0.15, -0.1) is 6.58 Å². The van der Waals surface area contributed by atoms with Gasteiger partial charge in [0.15, 0.2) is 17.3 Å². The maximum atomic E-state index is 12.5. The fraction of sp³-hybridized carbons (Fsp3) is 0.471. The van der Waals surface area contributed by atoms with E-state index >= 15 is 0 Å². The zero-order valence-corrected chi connectivity index (χ0v) is 12.6. The number of Topliss-reactive ketones (excluding diaryl/α,β-unsaturated/α-hetero) is 1. The van der Waals surface area contributed by atoms with Crippen molar-refractivity contribution in [3.8, 4) is 11.5 Å². The first kappa shape index (κ1) is 14.1. The van der Waals surface area contributed by atoms with Gasteiger partial charge in [0.25, 0.3) is 0 Å². The number of carbonyl (C=O) groups excluding carboxylic acids is 1. The lowest BCUT2D eigenvalue weighted by Gasteiger charge is -2.40. The molecule has 1 aliphatic carbocycles. The average molecular weight is 287 g/mol. The van der Waals surface area contributed by atoms with E-state index in [1.807, 2.05) is 12.1 Å². The number of ketones is 1. The first-order chi connectivity index (χ1) is 10.2. The van der Waals surface area contributed by atoms with Gasteiger partial charge in [-0.05, 0) is 30.0 Å². The summed E-state index contributed by atoms with van der Waals surface area (Å²) >= 11 is 0. The Morgan fingerprint density at radius 3 is 2.86 bits per heavy atom. The second-order valence-electron chi connectivity index (χ2n) is 5.57. The SMILES string of the molecule is C=CCN1CCc2cc(OC)c(OC)c3c2C1CCC3=O. The fourth-order valence-corrected chi connectivity index (χ4v) is 3.63. The lowest BCUT2D eigenvalue weighted by Crippen LogP contribution is -2.39. The number of carbonyl (C=O) groups is 1. The minimum absolute atomic E-state index is 0.165. The first-order valence-corrected chi connectivity index (χ1v) is 7.37. The molecule has 0 fully saturated rings. The minimum atomic E-state index is 0.165. The summed E-state index contributed by atoms with van der Waals surface area (Å²) in [6.45, 7) is 5.69. The molecule has 0 amide bonds. The van der Waals surface area contributed by atoms with Crippen LogP contribution in [0.2, 0.25) is 0 Å². The van der Waals surface area contributed by atoms with Crippen molar-refractivity contribution in [1.82, 2.24) is 4.90 Å². The molecule has 0 saturated carbocycles. The molecule has 0 spiro atoms. The number of benzene rings is 1. The second kappa shape index (κ2) is 5.53. The van der Waals surface area contributed by atoms with Gasteiger partial charge >= 0.3 is 0 Å². The Morgan fingerprint density at radius 1 is 1.38 bits per heavy atom. The van der Waals surface area contributed by atoms with Gasteiger partial charge < -0.3 is 9.47 Å². The number of hydrogen-bond acceptors (Lipinski definition) is 4. The Kier molecular flexibility index (Phi) is 3.72. The van der Waals surface area contributed by atoms with Crippen LogP contribution in [0, 0.1) is 0 Å². The summed E-state index contributed by atoms with van der Waals surface area (Å²) in [5.41, 5.74) is 3.11. The van der Waals surface area contributed by atoms with E-state index in [0.717, 1.165) is 37.1 Å². The molecule has 1 aromatic carbocycles. The lowest BCUT2D eigenvalue weighted by atomic mass is 9.79. The largest absolute Gasteiger partial charge is 0.493 e. The number of rotatable bonds is 4. The molecule has 0 aromatic heterocycles. The zero-order valence-electron chi connectivity index (χ0n) is 12.6.